The number of aromatic nitrogens is 2. The summed E-state index contributed by atoms with van der Waals surface area (Å²) in [5, 5.41) is 13.5. The topological polar surface area (TPSA) is 145 Å². The lowest BCUT2D eigenvalue weighted by molar-refractivity contribution is -0.137. The summed E-state index contributed by atoms with van der Waals surface area (Å²) in [7, 11) is -1.04. The van der Waals surface area contributed by atoms with E-state index in [1.54, 1.807) is 38.4 Å². The van der Waals surface area contributed by atoms with E-state index >= 15 is 0 Å². The van der Waals surface area contributed by atoms with Crippen molar-refractivity contribution < 1.29 is 27.9 Å². The van der Waals surface area contributed by atoms with Gasteiger partial charge in [0.05, 0.1) is 17.6 Å². The van der Waals surface area contributed by atoms with Crippen LogP contribution < -0.4 is 19.3 Å². The molecule has 1 unspecified atom stereocenters. The number of hydrogen-bond donors (Lipinski definition) is 2. The Hall–Kier alpha value is -4.36. The monoisotopic (exact) mass is 630 g/mol. The molecular weight excluding hydrogens is 596 g/mol. The number of aliphatic carboxylic acids is 1. The van der Waals surface area contributed by atoms with E-state index in [4.69, 9.17) is 16.3 Å². The number of nitrogens with zero attached hydrogens (tertiary/aromatic N) is 5. The van der Waals surface area contributed by atoms with E-state index in [1.807, 2.05) is 18.7 Å². The lowest BCUT2D eigenvalue weighted by Gasteiger charge is -2.28. The molecule has 1 atom stereocenters. The first-order valence-electron chi connectivity index (χ1n) is 13.4. The lowest BCUT2D eigenvalue weighted by atomic mass is 10.1. The fraction of sp³-hybridized carbons (Fsp3) is 0.310. The van der Waals surface area contributed by atoms with Gasteiger partial charge in [-0.05, 0) is 55.8 Å². The van der Waals surface area contributed by atoms with Gasteiger partial charge in [-0.25, -0.2) is 23.0 Å². The van der Waals surface area contributed by atoms with E-state index < -0.39 is 28.1 Å². The predicted molar refractivity (Wildman–Crippen MR) is 167 cm³/mol. The standard InChI is InChI=1S/C29H35ClN6O6S/c1-6-17-36(43(40,41)23-15-11-21(30)12-16-23)25-19-31-28(35(7-2)8-3)33-26(25)32-24(27(37)38)18-20-9-13-22(14-10-20)42-29(39)34(4)5/h6,9-16,19,24H,1,7-8,17-18H2,2-5H3,(H,37,38)(H,31,32,33). The van der Waals surface area contributed by atoms with Gasteiger partial charge in [-0.2, -0.15) is 4.98 Å². The molecule has 1 amide bonds. The minimum atomic E-state index is -4.16. The Balaban J connectivity index is 2.04. The molecule has 0 radical (unpaired) electrons. The van der Waals surface area contributed by atoms with Crippen molar-refractivity contribution in [2.75, 3.05) is 48.3 Å². The van der Waals surface area contributed by atoms with Gasteiger partial charge in [0.2, 0.25) is 5.95 Å². The zero-order chi connectivity index (χ0) is 31.7. The predicted octanol–water partition coefficient (Wildman–Crippen LogP) is 4.53. The Labute approximate surface area is 256 Å². The Morgan fingerprint density at radius 2 is 1.72 bits per heavy atom. The number of sulfonamides is 1. The van der Waals surface area contributed by atoms with Gasteiger partial charge in [-0.3, -0.25) is 4.31 Å². The lowest BCUT2D eigenvalue weighted by Crippen LogP contribution is -2.36. The van der Waals surface area contributed by atoms with Crippen molar-refractivity contribution in [1.82, 2.24) is 14.9 Å². The third kappa shape index (κ3) is 8.36. The minimum Gasteiger partial charge on any atom is -0.480 e. The maximum Gasteiger partial charge on any atom is 0.414 e. The number of carbonyl (C=O) groups excluding carboxylic acids is 1. The molecule has 0 saturated heterocycles. The van der Waals surface area contributed by atoms with Crippen molar-refractivity contribution in [1.29, 1.82) is 0 Å². The van der Waals surface area contributed by atoms with Gasteiger partial charge in [-0.15, -0.1) is 6.58 Å². The molecule has 1 aromatic heterocycles. The number of carbonyl (C=O) groups is 2. The van der Waals surface area contributed by atoms with Crippen molar-refractivity contribution in [3.05, 3.63) is 78.0 Å². The number of benzene rings is 2. The van der Waals surface area contributed by atoms with Crippen molar-refractivity contribution in [3.63, 3.8) is 0 Å². The molecule has 2 aromatic carbocycles. The zero-order valence-electron chi connectivity index (χ0n) is 24.4. The Bertz CT molecular complexity index is 1530. The quantitative estimate of drug-likeness (QED) is 0.244. The number of carboxylic acid groups (broad SMARTS) is 1. The van der Waals surface area contributed by atoms with Crippen LogP contribution in [0.3, 0.4) is 0 Å². The summed E-state index contributed by atoms with van der Waals surface area (Å²) < 4.78 is 33.8. The van der Waals surface area contributed by atoms with Gasteiger partial charge in [0.25, 0.3) is 10.0 Å². The normalized spacial score (nSPS) is 11.7. The average Bonchev–Trinajstić information content (AvgIpc) is 2.97. The number of carboxylic acids is 1. The number of nitrogens with one attached hydrogen (secondary N) is 1. The van der Waals surface area contributed by atoms with Crippen LogP contribution in [0, 0.1) is 0 Å². The molecule has 0 aliphatic rings. The zero-order valence-corrected chi connectivity index (χ0v) is 26.0. The fourth-order valence-corrected chi connectivity index (χ4v) is 5.53. The van der Waals surface area contributed by atoms with Crippen LogP contribution in [0.25, 0.3) is 0 Å². The molecule has 0 bridgehead atoms. The number of rotatable bonds is 14. The molecule has 14 heteroatoms. The second-order valence-electron chi connectivity index (χ2n) is 9.50. The molecular formula is C29H35ClN6O6S. The van der Waals surface area contributed by atoms with Crippen LogP contribution in [0.2, 0.25) is 5.02 Å². The van der Waals surface area contributed by atoms with Crippen molar-refractivity contribution in [3.8, 4) is 5.75 Å². The summed E-state index contributed by atoms with van der Waals surface area (Å²) in [5.74, 6) is -0.570. The number of ether oxygens (including phenoxy) is 1. The fourth-order valence-electron chi connectivity index (χ4n) is 3.98. The number of halogens is 1. The molecule has 0 saturated carbocycles. The minimum absolute atomic E-state index is 0.00663. The Morgan fingerprint density at radius 3 is 2.26 bits per heavy atom. The average molecular weight is 631 g/mol. The second-order valence-corrected chi connectivity index (χ2v) is 11.8. The first-order valence-corrected chi connectivity index (χ1v) is 15.2. The van der Waals surface area contributed by atoms with E-state index in [9.17, 15) is 23.1 Å². The third-order valence-corrected chi connectivity index (χ3v) is 8.36. The second kappa shape index (κ2) is 14.7. The van der Waals surface area contributed by atoms with Gasteiger partial charge in [-0.1, -0.05) is 29.8 Å². The molecule has 3 aromatic rings. The summed E-state index contributed by atoms with van der Waals surface area (Å²) >= 11 is 5.98. The van der Waals surface area contributed by atoms with Crippen LogP contribution in [-0.2, 0) is 21.2 Å². The van der Waals surface area contributed by atoms with Gasteiger partial charge in [0.15, 0.2) is 5.82 Å². The van der Waals surface area contributed by atoms with Gasteiger partial charge in [0, 0.05) is 38.6 Å². The summed E-state index contributed by atoms with van der Waals surface area (Å²) in [6.07, 6.45) is 2.23. The number of anilines is 3. The van der Waals surface area contributed by atoms with Crippen LogP contribution in [0.1, 0.15) is 19.4 Å². The van der Waals surface area contributed by atoms with E-state index in [0.29, 0.717) is 35.4 Å². The Morgan fingerprint density at radius 1 is 1.09 bits per heavy atom. The first-order chi connectivity index (χ1) is 20.4. The van der Waals surface area contributed by atoms with Gasteiger partial charge >= 0.3 is 12.1 Å². The van der Waals surface area contributed by atoms with E-state index in [1.165, 1.54) is 41.4 Å². The largest absolute Gasteiger partial charge is 0.480 e. The molecule has 230 valence electrons. The highest BCUT2D eigenvalue weighted by molar-refractivity contribution is 7.92. The van der Waals surface area contributed by atoms with Crippen LogP contribution >= 0.6 is 11.6 Å². The highest BCUT2D eigenvalue weighted by Gasteiger charge is 2.30. The smallest absolute Gasteiger partial charge is 0.414 e. The van der Waals surface area contributed by atoms with Gasteiger partial charge < -0.3 is 25.0 Å². The summed E-state index contributed by atoms with van der Waals surface area (Å²) in [6, 6.07) is 10.9. The van der Waals surface area contributed by atoms with Crippen LogP contribution in [0.15, 0.2) is 72.3 Å². The summed E-state index contributed by atoms with van der Waals surface area (Å²) in [6.45, 7) is 8.54. The highest BCUT2D eigenvalue weighted by atomic mass is 35.5. The third-order valence-electron chi connectivity index (χ3n) is 6.31. The molecule has 0 aliphatic carbocycles. The first kappa shape index (κ1) is 33.1. The van der Waals surface area contributed by atoms with E-state index in [0.717, 1.165) is 4.31 Å². The van der Waals surface area contributed by atoms with E-state index in [2.05, 4.69) is 21.9 Å². The number of amides is 1. The SMILES string of the molecule is C=CCN(c1cnc(N(CC)CC)nc1NC(Cc1ccc(OC(=O)N(C)C)cc1)C(=O)O)S(=O)(=O)c1ccc(Cl)cc1. The molecule has 0 fully saturated rings. The Kier molecular flexibility index (Phi) is 11.3. The van der Waals surface area contributed by atoms with Crippen LogP contribution in [-0.4, -0.2) is 80.2 Å². The molecule has 43 heavy (non-hydrogen) atoms. The van der Waals surface area contributed by atoms with Crippen molar-refractivity contribution in [2.45, 2.75) is 31.2 Å². The molecule has 3 rings (SSSR count). The summed E-state index contributed by atoms with van der Waals surface area (Å²) in [4.78, 5) is 36.4. The number of hydrogen-bond acceptors (Lipinski definition) is 9. The molecule has 1 heterocycles. The maximum atomic E-state index is 13.8. The molecule has 2 N–H and O–H groups in total. The van der Waals surface area contributed by atoms with Crippen LogP contribution in [0.4, 0.5) is 22.2 Å². The maximum absolute atomic E-state index is 13.8. The summed E-state index contributed by atoms with van der Waals surface area (Å²) in [5.41, 5.74) is 0.670. The van der Waals surface area contributed by atoms with Crippen molar-refractivity contribution >= 4 is 51.1 Å². The highest BCUT2D eigenvalue weighted by Crippen LogP contribution is 2.32. The van der Waals surface area contributed by atoms with Crippen LogP contribution in [0.5, 0.6) is 5.75 Å². The van der Waals surface area contributed by atoms with Gasteiger partial charge in [0.1, 0.15) is 17.5 Å². The molecule has 0 aliphatic heterocycles. The molecule has 12 nitrogen and oxygen atoms in total. The van der Waals surface area contributed by atoms with Crippen molar-refractivity contribution in [2.24, 2.45) is 0 Å². The van der Waals surface area contributed by atoms with E-state index in [-0.39, 0.29) is 29.4 Å². The molecule has 0 spiro atoms.